The van der Waals surface area contributed by atoms with Gasteiger partial charge in [-0.25, -0.2) is 0 Å². The molecule has 1 aromatic carbocycles. The zero-order chi connectivity index (χ0) is 15.3. The van der Waals surface area contributed by atoms with E-state index in [0.29, 0.717) is 5.46 Å². The lowest BCUT2D eigenvalue weighted by Crippen LogP contribution is -2.41. The van der Waals surface area contributed by atoms with E-state index in [4.69, 9.17) is 20.8 Å². The van der Waals surface area contributed by atoms with Gasteiger partial charge >= 0.3 is 7.12 Å². The maximum atomic E-state index is 11.0. The van der Waals surface area contributed by atoms with Gasteiger partial charge in [0.05, 0.1) is 21.8 Å². The largest absolute Gasteiger partial charge is 0.495 e. The molecule has 0 aliphatic carbocycles. The molecule has 2 rings (SSSR count). The molecule has 20 heavy (non-hydrogen) atoms. The van der Waals surface area contributed by atoms with E-state index in [2.05, 4.69) is 0 Å². The van der Waals surface area contributed by atoms with Crippen molar-refractivity contribution in [2.24, 2.45) is 0 Å². The van der Waals surface area contributed by atoms with Crippen LogP contribution >= 0.6 is 0 Å². The number of nitrogens with two attached hydrogens (primary N) is 2. The number of nitro groups is 1. The fourth-order valence-corrected chi connectivity index (χ4v) is 1.95. The molecule has 0 unspecified atom stereocenters. The van der Waals surface area contributed by atoms with Crippen molar-refractivity contribution in [1.29, 1.82) is 0 Å². The van der Waals surface area contributed by atoms with Gasteiger partial charge in [0.1, 0.15) is 5.69 Å². The summed E-state index contributed by atoms with van der Waals surface area (Å²) in [4.78, 5) is 10.4. The van der Waals surface area contributed by atoms with E-state index in [1.807, 2.05) is 27.7 Å². The number of nitrogen functional groups attached to an aromatic ring is 2. The number of anilines is 2. The van der Waals surface area contributed by atoms with Crippen LogP contribution in [0, 0.1) is 10.1 Å². The van der Waals surface area contributed by atoms with E-state index in [1.54, 1.807) is 6.07 Å². The van der Waals surface area contributed by atoms with Gasteiger partial charge in [0.2, 0.25) is 0 Å². The molecule has 4 N–H and O–H groups in total. The smallest absolute Gasteiger partial charge is 0.399 e. The van der Waals surface area contributed by atoms with Crippen LogP contribution in [0.1, 0.15) is 27.7 Å². The van der Waals surface area contributed by atoms with Gasteiger partial charge in [-0.1, -0.05) is 0 Å². The van der Waals surface area contributed by atoms with Crippen LogP contribution < -0.4 is 16.9 Å². The summed E-state index contributed by atoms with van der Waals surface area (Å²) >= 11 is 0. The fraction of sp³-hybridized carbons (Fsp3) is 0.500. The summed E-state index contributed by atoms with van der Waals surface area (Å²) in [7, 11) is -0.707. The normalized spacial score (nSPS) is 20.1. The Morgan fingerprint density at radius 2 is 1.65 bits per heavy atom. The van der Waals surface area contributed by atoms with Crippen LogP contribution in [0.2, 0.25) is 0 Å². The summed E-state index contributed by atoms with van der Waals surface area (Å²) in [5, 5.41) is 11.0. The Morgan fingerprint density at radius 3 is 2.10 bits per heavy atom. The second kappa shape index (κ2) is 4.36. The molecule has 108 valence electrons. The Hall–Kier alpha value is -1.80. The molecule has 0 spiro atoms. The minimum Gasteiger partial charge on any atom is -0.399 e. The van der Waals surface area contributed by atoms with Gasteiger partial charge in [-0.05, 0) is 39.2 Å². The number of hydrogen-bond donors (Lipinski definition) is 2. The van der Waals surface area contributed by atoms with Crippen LogP contribution in [0.15, 0.2) is 12.1 Å². The molecule has 0 atom stereocenters. The van der Waals surface area contributed by atoms with Crippen LogP contribution in [-0.4, -0.2) is 23.2 Å². The highest BCUT2D eigenvalue weighted by Gasteiger charge is 2.52. The fourth-order valence-electron chi connectivity index (χ4n) is 1.95. The van der Waals surface area contributed by atoms with Crippen molar-refractivity contribution in [3.8, 4) is 0 Å². The summed E-state index contributed by atoms with van der Waals surface area (Å²) in [5.41, 5.74) is 10.6. The first-order valence-electron chi connectivity index (χ1n) is 6.24. The van der Waals surface area contributed by atoms with Crippen molar-refractivity contribution in [3.05, 3.63) is 22.2 Å². The molecule has 1 aliphatic heterocycles. The molecule has 1 heterocycles. The second-order valence-corrected chi connectivity index (χ2v) is 5.89. The van der Waals surface area contributed by atoms with Crippen molar-refractivity contribution in [3.63, 3.8) is 0 Å². The first kappa shape index (κ1) is 14.6. The zero-order valence-corrected chi connectivity index (χ0v) is 12.0. The first-order valence-corrected chi connectivity index (χ1v) is 6.24. The van der Waals surface area contributed by atoms with E-state index in [9.17, 15) is 10.1 Å². The molecular weight excluding hydrogens is 261 g/mol. The lowest BCUT2D eigenvalue weighted by Gasteiger charge is -2.32. The Bertz CT molecular complexity index is 558. The molecule has 1 fully saturated rings. The van der Waals surface area contributed by atoms with Gasteiger partial charge in [0, 0.05) is 6.07 Å². The van der Waals surface area contributed by atoms with Gasteiger partial charge in [-0.15, -0.1) is 0 Å². The lowest BCUT2D eigenvalue weighted by molar-refractivity contribution is -0.383. The Labute approximate surface area is 117 Å². The van der Waals surface area contributed by atoms with E-state index in [-0.39, 0.29) is 17.1 Å². The van der Waals surface area contributed by atoms with Crippen LogP contribution in [0.3, 0.4) is 0 Å². The van der Waals surface area contributed by atoms with Crippen LogP contribution in [0.25, 0.3) is 0 Å². The predicted octanol–water partition coefficient (Wildman–Crippen LogP) is 1.06. The van der Waals surface area contributed by atoms with Crippen molar-refractivity contribution in [1.82, 2.24) is 0 Å². The topological polar surface area (TPSA) is 114 Å². The maximum Gasteiger partial charge on any atom is 0.495 e. The average molecular weight is 279 g/mol. The Balaban J connectivity index is 2.43. The molecule has 0 radical (unpaired) electrons. The van der Waals surface area contributed by atoms with Gasteiger partial charge in [-0.2, -0.15) is 0 Å². The van der Waals surface area contributed by atoms with Crippen molar-refractivity contribution in [2.45, 2.75) is 38.9 Å². The number of benzene rings is 1. The number of nitrogens with zero attached hydrogens (tertiary/aromatic N) is 1. The standard InChI is InChI=1S/C12H18BN3O4/c1-11(2)12(3,4)20-13(19-11)7-5-8(14)10(15)9(6-7)16(17)18/h5-6H,14-15H2,1-4H3. The molecular formula is C12H18BN3O4. The molecule has 1 saturated heterocycles. The van der Waals surface area contributed by atoms with E-state index in [0.717, 1.165) is 0 Å². The Kier molecular flexibility index (Phi) is 3.18. The van der Waals surface area contributed by atoms with Gasteiger partial charge in [0.25, 0.3) is 5.69 Å². The highest BCUT2D eigenvalue weighted by atomic mass is 16.7. The predicted molar refractivity (Wildman–Crippen MR) is 77.6 cm³/mol. The molecule has 1 aromatic rings. The van der Waals surface area contributed by atoms with E-state index >= 15 is 0 Å². The zero-order valence-electron chi connectivity index (χ0n) is 12.0. The van der Waals surface area contributed by atoms with Gasteiger partial charge < -0.3 is 20.8 Å². The molecule has 0 bridgehead atoms. The third-order valence-corrected chi connectivity index (χ3v) is 3.93. The highest BCUT2D eigenvalue weighted by molar-refractivity contribution is 6.62. The third kappa shape index (κ3) is 2.21. The summed E-state index contributed by atoms with van der Waals surface area (Å²) in [6, 6.07) is 2.89. The maximum absolute atomic E-state index is 11.0. The molecule has 0 saturated carbocycles. The van der Waals surface area contributed by atoms with E-state index in [1.165, 1.54) is 6.07 Å². The summed E-state index contributed by atoms with van der Waals surface area (Å²) < 4.78 is 11.7. The van der Waals surface area contributed by atoms with Crippen molar-refractivity contribution < 1.29 is 14.2 Å². The number of rotatable bonds is 2. The minimum absolute atomic E-state index is 0.0460. The Morgan fingerprint density at radius 1 is 1.15 bits per heavy atom. The van der Waals surface area contributed by atoms with Gasteiger partial charge in [0.15, 0.2) is 0 Å². The number of nitro benzene ring substituents is 1. The highest BCUT2D eigenvalue weighted by Crippen LogP contribution is 2.37. The third-order valence-electron chi connectivity index (χ3n) is 3.93. The molecule has 1 aliphatic rings. The summed E-state index contributed by atoms with van der Waals surface area (Å²) in [6.45, 7) is 7.62. The second-order valence-electron chi connectivity index (χ2n) is 5.89. The van der Waals surface area contributed by atoms with Crippen LogP contribution in [0.5, 0.6) is 0 Å². The van der Waals surface area contributed by atoms with Gasteiger partial charge in [-0.3, -0.25) is 10.1 Å². The van der Waals surface area contributed by atoms with Crippen LogP contribution in [0.4, 0.5) is 17.1 Å². The molecule has 0 amide bonds. The van der Waals surface area contributed by atoms with Crippen molar-refractivity contribution in [2.75, 3.05) is 11.5 Å². The number of hydrogen-bond acceptors (Lipinski definition) is 6. The van der Waals surface area contributed by atoms with Crippen LogP contribution in [-0.2, 0) is 9.31 Å². The molecule has 8 heteroatoms. The SMILES string of the molecule is CC1(C)OB(c2cc(N)c(N)c([N+](=O)[O-])c2)OC1(C)C. The molecule has 0 aromatic heterocycles. The molecule has 7 nitrogen and oxygen atoms in total. The van der Waals surface area contributed by atoms with Crippen molar-refractivity contribution >= 4 is 29.6 Å². The average Bonchev–Trinajstić information content (AvgIpc) is 2.51. The first-order chi connectivity index (χ1) is 9.05. The quantitative estimate of drug-likeness (QED) is 0.362. The van der Waals surface area contributed by atoms with E-state index < -0.39 is 23.2 Å². The monoisotopic (exact) mass is 279 g/mol. The minimum atomic E-state index is -0.707. The summed E-state index contributed by atoms with van der Waals surface area (Å²) in [6.07, 6.45) is 0. The summed E-state index contributed by atoms with van der Waals surface area (Å²) in [5.74, 6) is 0. The lowest BCUT2D eigenvalue weighted by atomic mass is 9.78.